The van der Waals surface area contributed by atoms with Crippen LogP contribution >= 0.6 is 0 Å². The van der Waals surface area contributed by atoms with Crippen LogP contribution in [0.4, 0.5) is 58.4 Å². The molecule has 52 heavy (non-hydrogen) atoms. The Kier molecular flexibility index (Phi) is 11.7. The van der Waals surface area contributed by atoms with Gasteiger partial charge in [0, 0.05) is 35.8 Å². The maximum absolute atomic E-state index is 9.28. The average molecular weight is 697 g/mol. The van der Waals surface area contributed by atoms with Gasteiger partial charge in [0.1, 0.15) is 0 Å². The van der Waals surface area contributed by atoms with Crippen LogP contribution in [0, 0.1) is 13.8 Å². The number of para-hydroxylation sites is 2. The monoisotopic (exact) mass is 696 g/mol. The van der Waals surface area contributed by atoms with Crippen LogP contribution in [-0.2, 0) is 0 Å². The van der Waals surface area contributed by atoms with Gasteiger partial charge in [-0.1, -0.05) is 60.7 Å². The second-order valence-electron chi connectivity index (χ2n) is 11.6. The van der Waals surface area contributed by atoms with E-state index in [9.17, 15) is 10.2 Å². The van der Waals surface area contributed by atoms with Gasteiger partial charge >= 0.3 is 0 Å². The number of hydrogen-bond donors (Lipinski definition) is 8. The third kappa shape index (κ3) is 9.97. The van der Waals surface area contributed by atoms with Crippen molar-refractivity contribution in [2.75, 3.05) is 58.2 Å². The highest BCUT2D eigenvalue weighted by Crippen LogP contribution is 2.25. The van der Waals surface area contributed by atoms with E-state index in [-0.39, 0.29) is 13.2 Å². The summed E-state index contributed by atoms with van der Waals surface area (Å²) < 4.78 is 0. The van der Waals surface area contributed by atoms with Crippen LogP contribution in [0.15, 0.2) is 97.1 Å². The average Bonchev–Trinajstić information content (AvgIpc) is 3.14. The molecule has 0 bridgehead atoms. The first-order valence-corrected chi connectivity index (χ1v) is 16.7. The molecule has 2 heterocycles. The van der Waals surface area contributed by atoms with Crippen molar-refractivity contribution in [3.8, 4) is 0 Å². The zero-order chi connectivity index (χ0) is 36.1. The van der Waals surface area contributed by atoms with E-state index in [4.69, 9.17) is 0 Å². The first-order chi connectivity index (χ1) is 25.4. The highest BCUT2D eigenvalue weighted by atomic mass is 16.3. The van der Waals surface area contributed by atoms with Crippen LogP contribution in [-0.4, -0.2) is 66.4 Å². The van der Waals surface area contributed by atoms with Crippen LogP contribution in [0.25, 0.3) is 12.2 Å². The molecule has 0 saturated carbocycles. The van der Waals surface area contributed by atoms with E-state index in [1.807, 2.05) is 111 Å². The summed E-state index contributed by atoms with van der Waals surface area (Å²) in [6.45, 7) is 4.62. The van der Waals surface area contributed by atoms with Gasteiger partial charge < -0.3 is 42.1 Å². The molecule has 0 fully saturated rings. The summed E-state index contributed by atoms with van der Waals surface area (Å²) in [7, 11) is 0. The summed E-state index contributed by atoms with van der Waals surface area (Å²) in [6.07, 6.45) is 4.17. The molecule has 0 aliphatic heterocycles. The van der Waals surface area contributed by atoms with E-state index in [0.29, 0.717) is 48.8 Å². The van der Waals surface area contributed by atoms with Gasteiger partial charge in [-0.2, -0.15) is 29.9 Å². The Morgan fingerprint density at radius 2 is 0.788 bits per heavy atom. The van der Waals surface area contributed by atoms with Gasteiger partial charge in [-0.3, -0.25) is 0 Å². The number of aryl methyl sites for hydroxylation is 2. The summed E-state index contributed by atoms with van der Waals surface area (Å²) in [5.74, 6) is 2.15. The zero-order valence-corrected chi connectivity index (χ0v) is 28.8. The van der Waals surface area contributed by atoms with E-state index in [1.165, 1.54) is 0 Å². The lowest BCUT2D eigenvalue weighted by molar-refractivity contribution is 0.310. The van der Waals surface area contributed by atoms with Crippen LogP contribution in [0.3, 0.4) is 0 Å². The van der Waals surface area contributed by atoms with E-state index < -0.39 is 0 Å². The van der Waals surface area contributed by atoms with E-state index >= 15 is 0 Å². The first kappa shape index (κ1) is 35.2. The van der Waals surface area contributed by atoms with E-state index in [1.54, 1.807) is 0 Å². The quantitative estimate of drug-likeness (QED) is 0.0504. The van der Waals surface area contributed by atoms with Gasteiger partial charge in [0.25, 0.3) is 0 Å². The lowest BCUT2D eigenvalue weighted by Crippen LogP contribution is -2.12. The standard InChI is InChI=1S/C38H40N12O2/c1-25-23-31(43-37-47-33(39-19-21-51)45-35(49-37)41-29-9-5-3-6-10-29)17-15-27(25)13-14-28-16-18-32(24-26(28)2)44-38-48-34(40-20-22-52)46-36(50-38)42-30-11-7-4-8-12-30/h3-18,23-24,51-52H,19-22H2,1-2H3,(H3,39,41,43,45,47,49)(H3,40,42,44,46,48,50). The second-order valence-corrected chi connectivity index (χ2v) is 11.6. The number of aliphatic hydroxyl groups excluding tert-OH is 2. The molecular weight excluding hydrogens is 656 g/mol. The van der Waals surface area contributed by atoms with Gasteiger partial charge in [-0.15, -0.1) is 0 Å². The maximum Gasteiger partial charge on any atom is 0.233 e. The van der Waals surface area contributed by atoms with Gasteiger partial charge in [-0.25, -0.2) is 0 Å². The molecule has 264 valence electrons. The Balaban J connectivity index is 1.14. The molecule has 14 nitrogen and oxygen atoms in total. The Morgan fingerprint density at radius 1 is 0.442 bits per heavy atom. The largest absolute Gasteiger partial charge is 0.395 e. The Morgan fingerprint density at radius 3 is 1.13 bits per heavy atom. The third-order valence-electron chi connectivity index (χ3n) is 7.61. The third-order valence-corrected chi connectivity index (χ3v) is 7.61. The number of benzene rings is 4. The molecule has 0 spiro atoms. The molecule has 0 unspecified atom stereocenters. The van der Waals surface area contributed by atoms with Crippen molar-refractivity contribution in [1.82, 2.24) is 29.9 Å². The van der Waals surface area contributed by atoms with Crippen LogP contribution in [0.2, 0.25) is 0 Å². The lowest BCUT2D eigenvalue weighted by Gasteiger charge is -2.12. The van der Waals surface area contributed by atoms with Crippen LogP contribution in [0.5, 0.6) is 0 Å². The molecule has 6 aromatic rings. The molecule has 0 atom stereocenters. The first-order valence-electron chi connectivity index (χ1n) is 16.7. The Bertz CT molecular complexity index is 1960. The Labute approximate surface area is 301 Å². The van der Waals surface area contributed by atoms with E-state index in [2.05, 4.69) is 74.0 Å². The predicted octanol–water partition coefficient (Wildman–Crippen LogP) is 6.63. The van der Waals surface area contributed by atoms with Crippen molar-refractivity contribution in [2.24, 2.45) is 0 Å². The number of aliphatic hydroxyl groups is 2. The molecular formula is C38H40N12O2. The number of nitrogens with one attached hydrogen (secondary N) is 6. The number of aromatic nitrogens is 6. The predicted molar refractivity (Wildman–Crippen MR) is 208 cm³/mol. The van der Waals surface area contributed by atoms with Crippen LogP contribution in [0.1, 0.15) is 22.3 Å². The molecule has 0 aliphatic carbocycles. The Hall–Kier alpha value is -6.64. The topological polar surface area (TPSA) is 190 Å². The van der Waals surface area contributed by atoms with E-state index in [0.717, 1.165) is 45.0 Å². The summed E-state index contributed by atoms with van der Waals surface area (Å²) >= 11 is 0. The highest BCUT2D eigenvalue weighted by Gasteiger charge is 2.10. The highest BCUT2D eigenvalue weighted by molar-refractivity contribution is 5.75. The molecule has 6 rings (SSSR count). The lowest BCUT2D eigenvalue weighted by atomic mass is 10.0. The number of hydrogen-bond acceptors (Lipinski definition) is 14. The molecule has 0 aliphatic rings. The van der Waals surface area contributed by atoms with Gasteiger partial charge in [-0.05, 0) is 84.6 Å². The van der Waals surface area contributed by atoms with Gasteiger partial charge in [0.2, 0.25) is 35.7 Å². The summed E-state index contributed by atoms with van der Waals surface area (Å²) in [4.78, 5) is 26.9. The minimum atomic E-state index is -0.0507. The molecule has 0 amide bonds. The molecule has 0 saturated heterocycles. The molecule has 14 heteroatoms. The fourth-order valence-electron chi connectivity index (χ4n) is 5.09. The second kappa shape index (κ2) is 17.3. The minimum absolute atomic E-state index is 0.0507. The van der Waals surface area contributed by atoms with Gasteiger partial charge in [0.15, 0.2) is 0 Å². The SMILES string of the molecule is Cc1cc(Nc2nc(NCCO)nc(Nc3ccccc3)n2)ccc1C=Cc1ccc(Nc2nc(NCCO)nc(Nc3ccccc3)n2)cc1C. The van der Waals surface area contributed by atoms with Crippen LogP contribution < -0.4 is 31.9 Å². The number of nitrogens with zero attached hydrogens (tertiary/aromatic N) is 6. The van der Waals surface area contributed by atoms with Crippen molar-refractivity contribution in [3.05, 3.63) is 119 Å². The summed E-state index contributed by atoms with van der Waals surface area (Å²) in [5.41, 5.74) is 7.58. The molecule has 0 radical (unpaired) electrons. The molecule has 4 aromatic carbocycles. The number of rotatable bonds is 16. The maximum atomic E-state index is 9.28. The normalized spacial score (nSPS) is 10.9. The summed E-state index contributed by atoms with van der Waals surface area (Å²) in [6, 6.07) is 31.4. The fourth-order valence-corrected chi connectivity index (χ4v) is 5.09. The minimum Gasteiger partial charge on any atom is -0.395 e. The number of anilines is 10. The van der Waals surface area contributed by atoms with Crippen molar-refractivity contribution in [1.29, 1.82) is 0 Å². The van der Waals surface area contributed by atoms with Crippen molar-refractivity contribution in [3.63, 3.8) is 0 Å². The molecule has 8 N–H and O–H groups in total. The summed E-state index contributed by atoms with van der Waals surface area (Å²) in [5, 5.41) is 37.5. The smallest absolute Gasteiger partial charge is 0.233 e. The van der Waals surface area contributed by atoms with Crippen molar-refractivity contribution < 1.29 is 10.2 Å². The fraction of sp³-hybridized carbons (Fsp3) is 0.158. The molecule has 2 aromatic heterocycles. The zero-order valence-electron chi connectivity index (χ0n) is 28.8. The van der Waals surface area contributed by atoms with Crippen molar-refractivity contribution in [2.45, 2.75) is 13.8 Å². The van der Waals surface area contributed by atoms with Gasteiger partial charge in [0.05, 0.1) is 13.2 Å². The van der Waals surface area contributed by atoms with Crippen molar-refractivity contribution >= 4 is 70.6 Å².